The van der Waals surface area contributed by atoms with E-state index in [1.165, 1.54) is 6.08 Å². The van der Waals surface area contributed by atoms with Crippen LogP contribution in [0.5, 0.6) is 5.75 Å². The van der Waals surface area contributed by atoms with E-state index < -0.39 is 17.8 Å². The molecule has 1 N–H and O–H groups in total. The molecule has 0 bridgehead atoms. The normalized spacial score (nSPS) is 14.7. The van der Waals surface area contributed by atoms with Crippen molar-refractivity contribution < 1.29 is 19.1 Å². The fourth-order valence-electron chi connectivity index (χ4n) is 3.42. The lowest BCUT2D eigenvalue weighted by atomic mass is 10.1. The van der Waals surface area contributed by atoms with Gasteiger partial charge in [0.2, 0.25) is 0 Å². The molecule has 4 amide bonds. The third-order valence-corrected chi connectivity index (χ3v) is 5.68. The summed E-state index contributed by atoms with van der Waals surface area (Å²) in [7, 11) is 0. The first kappa shape index (κ1) is 23.0. The number of ether oxygens (including phenoxy) is 1. The first-order valence-corrected chi connectivity index (χ1v) is 11.0. The van der Waals surface area contributed by atoms with Crippen LogP contribution >= 0.6 is 15.9 Å². The summed E-state index contributed by atoms with van der Waals surface area (Å²) in [6.45, 7) is 2.01. The van der Waals surface area contributed by atoms with Crippen LogP contribution in [0.2, 0.25) is 0 Å². The minimum absolute atomic E-state index is 0.121. The van der Waals surface area contributed by atoms with Crippen molar-refractivity contribution >= 4 is 45.5 Å². The highest BCUT2D eigenvalue weighted by atomic mass is 79.9. The zero-order valence-corrected chi connectivity index (χ0v) is 19.6. The van der Waals surface area contributed by atoms with Gasteiger partial charge in [0.15, 0.2) is 0 Å². The fourth-order valence-corrected chi connectivity index (χ4v) is 3.79. The molecule has 0 radical (unpaired) electrons. The van der Waals surface area contributed by atoms with Crippen LogP contribution in [0.15, 0.2) is 76.8 Å². The molecule has 0 spiro atoms. The second kappa shape index (κ2) is 9.73. The van der Waals surface area contributed by atoms with Crippen molar-refractivity contribution in [1.29, 1.82) is 5.26 Å². The molecule has 3 aromatic carbocycles. The largest absolute Gasteiger partial charge is 0.488 e. The number of hydrogen-bond donors (Lipinski definition) is 1. The van der Waals surface area contributed by atoms with Gasteiger partial charge < -0.3 is 4.74 Å². The standard InChI is InChI=1S/C26H18BrN3O4/c1-16-6-9-21(10-7-16)30-25(32)22(24(31)29-26(30)33)13-19-12-20(27)8-11-23(19)34-15-18-5-3-2-4-17(18)14-28/h2-13H,15H2,1H3,(H,29,31,33)/b22-13+. The van der Waals surface area contributed by atoms with Crippen molar-refractivity contribution in [3.63, 3.8) is 0 Å². The summed E-state index contributed by atoms with van der Waals surface area (Å²) < 4.78 is 6.65. The van der Waals surface area contributed by atoms with E-state index in [9.17, 15) is 19.6 Å². The molecule has 3 aromatic rings. The van der Waals surface area contributed by atoms with Gasteiger partial charge in [-0.3, -0.25) is 14.9 Å². The van der Waals surface area contributed by atoms with Crippen LogP contribution in [0.25, 0.3) is 6.08 Å². The third-order valence-electron chi connectivity index (χ3n) is 5.19. The van der Waals surface area contributed by atoms with Crippen LogP contribution in [0.4, 0.5) is 10.5 Å². The van der Waals surface area contributed by atoms with Gasteiger partial charge in [0.1, 0.15) is 17.9 Å². The Kier molecular flexibility index (Phi) is 6.57. The zero-order chi connectivity index (χ0) is 24.2. The molecule has 34 heavy (non-hydrogen) atoms. The van der Waals surface area contributed by atoms with Gasteiger partial charge in [-0.25, -0.2) is 9.69 Å². The number of anilines is 1. The number of rotatable bonds is 5. The van der Waals surface area contributed by atoms with E-state index in [1.54, 1.807) is 60.7 Å². The van der Waals surface area contributed by atoms with Gasteiger partial charge in [-0.2, -0.15) is 5.26 Å². The smallest absolute Gasteiger partial charge is 0.335 e. The molecule has 1 fully saturated rings. The number of nitrogens with one attached hydrogen (secondary N) is 1. The number of nitriles is 1. The number of amides is 4. The number of carbonyl (C=O) groups excluding carboxylic acids is 3. The van der Waals surface area contributed by atoms with Crippen LogP contribution in [0.1, 0.15) is 22.3 Å². The highest BCUT2D eigenvalue weighted by Gasteiger charge is 2.37. The predicted octanol–water partition coefficient (Wildman–Crippen LogP) is 4.87. The molecule has 1 aliphatic rings. The number of carbonyl (C=O) groups is 3. The monoisotopic (exact) mass is 515 g/mol. The Labute approximate surface area is 204 Å². The number of barbiturate groups is 1. The molecule has 1 heterocycles. The van der Waals surface area contributed by atoms with E-state index in [0.29, 0.717) is 32.6 Å². The van der Waals surface area contributed by atoms with Gasteiger partial charge in [-0.1, -0.05) is 51.8 Å². The predicted molar refractivity (Wildman–Crippen MR) is 130 cm³/mol. The maximum atomic E-state index is 13.2. The van der Waals surface area contributed by atoms with Crippen molar-refractivity contribution in [3.05, 3.63) is 99.0 Å². The average Bonchev–Trinajstić information content (AvgIpc) is 2.82. The summed E-state index contributed by atoms with van der Waals surface area (Å²) in [6, 6.07) is 20.4. The number of halogens is 1. The fraction of sp³-hybridized carbons (Fsp3) is 0.0769. The van der Waals surface area contributed by atoms with Gasteiger partial charge in [0, 0.05) is 15.6 Å². The topological polar surface area (TPSA) is 99.5 Å². The van der Waals surface area contributed by atoms with Gasteiger partial charge in [0.05, 0.1) is 17.3 Å². The molecule has 1 saturated heterocycles. The van der Waals surface area contributed by atoms with Crippen LogP contribution < -0.4 is 15.0 Å². The molecule has 4 rings (SSSR count). The van der Waals surface area contributed by atoms with E-state index in [0.717, 1.165) is 10.5 Å². The van der Waals surface area contributed by atoms with Crippen LogP contribution in [0, 0.1) is 18.3 Å². The van der Waals surface area contributed by atoms with Gasteiger partial charge >= 0.3 is 6.03 Å². The molecule has 168 valence electrons. The minimum atomic E-state index is -0.810. The Bertz CT molecular complexity index is 1370. The lowest BCUT2D eigenvalue weighted by molar-refractivity contribution is -0.122. The summed E-state index contributed by atoms with van der Waals surface area (Å²) in [4.78, 5) is 39.1. The molecule has 0 aromatic heterocycles. The second-order valence-corrected chi connectivity index (χ2v) is 8.45. The van der Waals surface area contributed by atoms with Crippen molar-refractivity contribution in [2.45, 2.75) is 13.5 Å². The molecule has 0 unspecified atom stereocenters. The van der Waals surface area contributed by atoms with Crippen LogP contribution in [-0.4, -0.2) is 17.8 Å². The molecule has 0 atom stereocenters. The summed E-state index contributed by atoms with van der Waals surface area (Å²) >= 11 is 3.40. The van der Waals surface area contributed by atoms with E-state index in [1.807, 2.05) is 13.0 Å². The van der Waals surface area contributed by atoms with Crippen molar-refractivity contribution in [1.82, 2.24) is 5.32 Å². The van der Waals surface area contributed by atoms with Gasteiger partial charge in [-0.05, 0) is 49.4 Å². The molecule has 0 saturated carbocycles. The van der Waals surface area contributed by atoms with E-state index in [-0.39, 0.29) is 12.2 Å². The first-order chi connectivity index (χ1) is 16.4. The molecule has 7 nitrogen and oxygen atoms in total. The number of aryl methyl sites for hydroxylation is 1. The van der Waals surface area contributed by atoms with E-state index >= 15 is 0 Å². The minimum Gasteiger partial charge on any atom is -0.488 e. The number of imide groups is 2. The average molecular weight is 516 g/mol. The molecule has 1 aliphatic heterocycles. The van der Waals surface area contributed by atoms with Gasteiger partial charge in [-0.15, -0.1) is 0 Å². The van der Waals surface area contributed by atoms with Crippen molar-refractivity contribution in [2.24, 2.45) is 0 Å². The first-order valence-electron chi connectivity index (χ1n) is 10.3. The Morgan fingerprint density at radius 2 is 1.79 bits per heavy atom. The SMILES string of the molecule is Cc1ccc(N2C(=O)NC(=O)/C(=C\c3cc(Br)ccc3OCc3ccccc3C#N)C2=O)cc1. The third kappa shape index (κ3) is 4.75. The van der Waals surface area contributed by atoms with E-state index in [4.69, 9.17) is 4.74 Å². The number of nitrogens with zero attached hydrogens (tertiary/aromatic N) is 2. The summed E-state index contributed by atoms with van der Waals surface area (Å²) in [6.07, 6.45) is 1.39. The molecule has 8 heteroatoms. The molecule has 0 aliphatic carbocycles. The van der Waals surface area contributed by atoms with Crippen molar-refractivity contribution in [3.8, 4) is 11.8 Å². The zero-order valence-electron chi connectivity index (χ0n) is 18.0. The summed E-state index contributed by atoms with van der Waals surface area (Å²) in [5.74, 6) is -1.12. The highest BCUT2D eigenvalue weighted by Crippen LogP contribution is 2.29. The van der Waals surface area contributed by atoms with Crippen LogP contribution in [0.3, 0.4) is 0 Å². The van der Waals surface area contributed by atoms with Gasteiger partial charge in [0.25, 0.3) is 11.8 Å². The Morgan fingerprint density at radius 3 is 2.53 bits per heavy atom. The lowest BCUT2D eigenvalue weighted by Gasteiger charge is -2.26. The maximum Gasteiger partial charge on any atom is 0.335 e. The number of urea groups is 1. The number of hydrogen-bond acceptors (Lipinski definition) is 5. The van der Waals surface area contributed by atoms with Crippen molar-refractivity contribution in [2.75, 3.05) is 4.90 Å². The summed E-state index contributed by atoms with van der Waals surface area (Å²) in [5.41, 5.74) is 2.77. The highest BCUT2D eigenvalue weighted by molar-refractivity contribution is 9.10. The molecular weight excluding hydrogens is 498 g/mol. The molecular formula is C26H18BrN3O4. The Balaban J connectivity index is 1.68. The quantitative estimate of drug-likeness (QED) is 0.385. The Morgan fingerprint density at radius 1 is 1.06 bits per heavy atom. The Hall–Kier alpha value is -4.22. The summed E-state index contributed by atoms with van der Waals surface area (Å²) in [5, 5.41) is 11.5. The maximum absolute atomic E-state index is 13.2. The lowest BCUT2D eigenvalue weighted by Crippen LogP contribution is -2.54. The van der Waals surface area contributed by atoms with E-state index in [2.05, 4.69) is 27.3 Å². The van der Waals surface area contributed by atoms with Crippen LogP contribution in [-0.2, 0) is 16.2 Å². The second-order valence-electron chi connectivity index (χ2n) is 7.53. The number of benzene rings is 3.